The Morgan fingerprint density at radius 3 is 2.48 bits per heavy atom. The van der Waals surface area contributed by atoms with Gasteiger partial charge in [0.15, 0.2) is 11.6 Å². The smallest absolute Gasteiger partial charge is 0.186 e. The van der Waals surface area contributed by atoms with E-state index >= 15 is 0 Å². The molecule has 21 heavy (non-hydrogen) atoms. The third kappa shape index (κ3) is 4.15. The van der Waals surface area contributed by atoms with Gasteiger partial charge in [0.1, 0.15) is 6.33 Å². The van der Waals surface area contributed by atoms with Crippen LogP contribution in [-0.2, 0) is 13.0 Å². The van der Waals surface area contributed by atoms with Gasteiger partial charge in [-0.1, -0.05) is 26.0 Å². The van der Waals surface area contributed by atoms with E-state index in [2.05, 4.69) is 27.5 Å². The first-order chi connectivity index (χ1) is 10.2. The molecule has 112 valence electrons. The lowest BCUT2D eigenvalue weighted by atomic mass is 10.2. The number of hydrogen-bond acceptors (Lipinski definition) is 4. The zero-order chi connectivity index (χ0) is 15.1. The van der Waals surface area contributed by atoms with Crippen LogP contribution in [0.3, 0.4) is 0 Å². The fourth-order valence-electron chi connectivity index (χ4n) is 1.97. The SMILES string of the molecule is CCCNc1ccc(CNc2ncnc(CC)c2F)cc1. The first kappa shape index (κ1) is 15.2. The molecule has 0 saturated carbocycles. The summed E-state index contributed by atoms with van der Waals surface area (Å²) in [7, 11) is 0. The van der Waals surface area contributed by atoms with Crippen molar-refractivity contribution in [2.45, 2.75) is 33.2 Å². The second-order valence-electron chi connectivity index (χ2n) is 4.81. The molecule has 0 unspecified atom stereocenters. The fraction of sp³-hybridized carbons (Fsp3) is 0.375. The van der Waals surface area contributed by atoms with Crippen LogP contribution in [0.2, 0.25) is 0 Å². The van der Waals surface area contributed by atoms with Crippen molar-refractivity contribution in [3.05, 3.63) is 47.7 Å². The standard InChI is InChI=1S/C16H21FN4/c1-3-9-18-13-7-5-12(6-8-13)10-19-16-15(17)14(4-2)20-11-21-16/h5-8,11,18H,3-4,9-10H2,1-2H3,(H,19,20,21). The Bertz CT molecular complexity index is 569. The van der Waals surface area contributed by atoms with Crippen molar-refractivity contribution in [2.75, 3.05) is 17.2 Å². The number of nitrogens with zero attached hydrogens (tertiary/aromatic N) is 2. The molecule has 0 saturated heterocycles. The molecule has 1 aromatic carbocycles. The van der Waals surface area contributed by atoms with Gasteiger partial charge in [-0.05, 0) is 30.5 Å². The number of benzene rings is 1. The van der Waals surface area contributed by atoms with E-state index in [1.807, 2.05) is 31.2 Å². The number of nitrogens with one attached hydrogen (secondary N) is 2. The van der Waals surface area contributed by atoms with Crippen LogP contribution in [0.25, 0.3) is 0 Å². The van der Waals surface area contributed by atoms with E-state index in [0.717, 1.165) is 24.2 Å². The molecule has 2 aromatic rings. The molecule has 1 aromatic heterocycles. The van der Waals surface area contributed by atoms with Crippen molar-refractivity contribution in [1.82, 2.24) is 9.97 Å². The van der Waals surface area contributed by atoms with Gasteiger partial charge in [-0.3, -0.25) is 0 Å². The number of hydrogen-bond donors (Lipinski definition) is 2. The van der Waals surface area contributed by atoms with Crippen LogP contribution >= 0.6 is 0 Å². The van der Waals surface area contributed by atoms with Crippen LogP contribution in [0.4, 0.5) is 15.9 Å². The minimum atomic E-state index is -0.360. The van der Waals surface area contributed by atoms with E-state index in [1.165, 1.54) is 6.33 Å². The lowest BCUT2D eigenvalue weighted by molar-refractivity contribution is 0.596. The van der Waals surface area contributed by atoms with Crippen LogP contribution in [0.5, 0.6) is 0 Å². The first-order valence-electron chi connectivity index (χ1n) is 7.30. The van der Waals surface area contributed by atoms with Crippen molar-refractivity contribution in [1.29, 1.82) is 0 Å². The quantitative estimate of drug-likeness (QED) is 0.817. The number of aryl methyl sites for hydroxylation is 1. The Balaban J connectivity index is 1.97. The molecule has 0 spiro atoms. The van der Waals surface area contributed by atoms with Crippen molar-refractivity contribution >= 4 is 11.5 Å². The summed E-state index contributed by atoms with van der Waals surface area (Å²) < 4.78 is 14.0. The third-order valence-corrected chi connectivity index (χ3v) is 3.19. The molecule has 0 bridgehead atoms. The summed E-state index contributed by atoms with van der Waals surface area (Å²) >= 11 is 0. The van der Waals surface area contributed by atoms with E-state index in [9.17, 15) is 4.39 Å². The van der Waals surface area contributed by atoms with Gasteiger partial charge >= 0.3 is 0 Å². The monoisotopic (exact) mass is 288 g/mol. The van der Waals surface area contributed by atoms with E-state index in [-0.39, 0.29) is 11.6 Å². The highest BCUT2D eigenvalue weighted by Gasteiger charge is 2.08. The van der Waals surface area contributed by atoms with E-state index in [4.69, 9.17) is 0 Å². The molecule has 2 N–H and O–H groups in total. The number of rotatable bonds is 7. The van der Waals surface area contributed by atoms with Crippen LogP contribution in [0.1, 0.15) is 31.5 Å². The number of aromatic nitrogens is 2. The maximum absolute atomic E-state index is 14.0. The minimum absolute atomic E-state index is 0.259. The zero-order valence-electron chi connectivity index (χ0n) is 12.5. The number of anilines is 2. The molecule has 1 heterocycles. The normalized spacial score (nSPS) is 10.4. The van der Waals surface area contributed by atoms with Crippen LogP contribution in [0, 0.1) is 5.82 Å². The van der Waals surface area contributed by atoms with Gasteiger partial charge in [0, 0.05) is 18.8 Å². The second-order valence-corrected chi connectivity index (χ2v) is 4.81. The van der Waals surface area contributed by atoms with Crippen LogP contribution < -0.4 is 10.6 Å². The van der Waals surface area contributed by atoms with Gasteiger partial charge in [-0.15, -0.1) is 0 Å². The third-order valence-electron chi connectivity index (χ3n) is 3.19. The fourth-order valence-corrected chi connectivity index (χ4v) is 1.97. The number of halogens is 1. The summed E-state index contributed by atoms with van der Waals surface area (Å²) in [5, 5.41) is 6.34. The van der Waals surface area contributed by atoms with Gasteiger partial charge in [-0.25, -0.2) is 14.4 Å². The van der Waals surface area contributed by atoms with Crippen molar-refractivity contribution < 1.29 is 4.39 Å². The molecule has 5 heteroatoms. The molecule has 0 amide bonds. The molecule has 0 atom stereocenters. The topological polar surface area (TPSA) is 49.8 Å². The molecule has 0 aliphatic carbocycles. The predicted molar refractivity (Wildman–Crippen MR) is 83.9 cm³/mol. The van der Waals surface area contributed by atoms with Crippen molar-refractivity contribution in [3.8, 4) is 0 Å². The van der Waals surface area contributed by atoms with E-state index in [0.29, 0.717) is 18.7 Å². The molecule has 0 aliphatic rings. The molecule has 4 nitrogen and oxygen atoms in total. The van der Waals surface area contributed by atoms with Gasteiger partial charge in [0.2, 0.25) is 0 Å². The molecule has 0 radical (unpaired) electrons. The van der Waals surface area contributed by atoms with E-state index in [1.54, 1.807) is 0 Å². The largest absolute Gasteiger partial charge is 0.385 e. The van der Waals surface area contributed by atoms with Gasteiger partial charge in [0.25, 0.3) is 0 Å². The van der Waals surface area contributed by atoms with E-state index < -0.39 is 0 Å². The van der Waals surface area contributed by atoms with Crippen molar-refractivity contribution in [2.24, 2.45) is 0 Å². The summed E-state index contributed by atoms with van der Waals surface area (Å²) in [5.41, 5.74) is 2.61. The molecular weight excluding hydrogens is 267 g/mol. The van der Waals surface area contributed by atoms with Gasteiger partial charge in [0.05, 0.1) is 5.69 Å². The first-order valence-corrected chi connectivity index (χ1v) is 7.30. The lowest BCUT2D eigenvalue weighted by Gasteiger charge is -2.09. The van der Waals surface area contributed by atoms with Crippen molar-refractivity contribution in [3.63, 3.8) is 0 Å². The van der Waals surface area contributed by atoms with Crippen LogP contribution in [0.15, 0.2) is 30.6 Å². The highest BCUT2D eigenvalue weighted by Crippen LogP contribution is 2.15. The minimum Gasteiger partial charge on any atom is -0.385 e. The average molecular weight is 288 g/mol. The Morgan fingerprint density at radius 1 is 1.05 bits per heavy atom. The lowest BCUT2D eigenvalue weighted by Crippen LogP contribution is -2.07. The predicted octanol–water partition coefficient (Wildman–Crippen LogP) is 3.61. The summed E-state index contributed by atoms with van der Waals surface area (Å²) in [4.78, 5) is 7.87. The molecule has 0 fully saturated rings. The highest BCUT2D eigenvalue weighted by atomic mass is 19.1. The Kier molecular flexibility index (Phi) is 5.49. The van der Waals surface area contributed by atoms with Crippen LogP contribution in [-0.4, -0.2) is 16.5 Å². The average Bonchev–Trinajstić information content (AvgIpc) is 2.53. The zero-order valence-corrected chi connectivity index (χ0v) is 12.5. The Labute approximate surface area is 124 Å². The molecular formula is C16H21FN4. The summed E-state index contributed by atoms with van der Waals surface area (Å²) in [6, 6.07) is 8.09. The summed E-state index contributed by atoms with van der Waals surface area (Å²) in [6.45, 7) is 5.50. The van der Waals surface area contributed by atoms with Gasteiger partial charge in [-0.2, -0.15) is 0 Å². The molecule has 2 rings (SSSR count). The second kappa shape index (κ2) is 7.57. The maximum Gasteiger partial charge on any atom is 0.186 e. The Morgan fingerprint density at radius 2 is 1.81 bits per heavy atom. The Hall–Kier alpha value is -2.17. The highest BCUT2D eigenvalue weighted by molar-refractivity contribution is 5.45. The van der Waals surface area contributed by atoms with Gasteiger partial charge < -0.3 is 10.6 Å². The summed E-state index contributed by atoms with van der Waals surface area (Å²) in [6.07, 6.45) is 3.04. The molecule has 0 aliphatic heterocycles. The maximum atomic E-state index is 14.0. The summed E-state index contributed by atoms with van der Waals surface area (Å²) in [5.74, 6) is -0.101.